The number of likely N-dealkylation sites (tertiary alicyclic amines) is 1. The van der Waals surface area contributed by atoms with Crippen LogP contribution in [0.3, 0.4) is 0 Å². The molecular formula is C14H20N4O3. The van der Waals surface area contributed by atoms with E-state index in [4.69, 9.17) is 4.74 Å². The Morgan fingerprint density at radius 3 is 2.71 bits per heavy atom. The molecule has 1 fully saturated rings. The molecule has 0 radical (unpaired) electrons. The molecule has 0 aliphatic carbocycles. The summed E-state index contributed by atoms with van der Waals surface area (Å²) >= 11 is 0. The summed E-state index contributed by atoms with van der Waals surface area (Å²) < 4.78 is 6.42. The van der Waals surface area contributed by atoms with Crippen molar-refractivity contribution in [3.63, 3.8) is 0 Å². The number of carbonyl (C=O) groups excluding carboxylic acids is 2. The number of nitrogens with zero attached hydrogens (tertiary/aromatic N) is 4. The van der Waals surface area contributed by atoms with E-state index in [9.17, 15) is 9.59 Å². The molecule has 7 heteroatoms. The SMILES string of the molecule is C=CCOC(=O)c1nnn(C(C)C(=O)N2CCCC2)c1C. The first-order chi connectivity index (χ1) is 10.1. The molecule has 1 aliphatic heterocycles. The van der Waals surface area contributed by atoms with Gasteiger partial charge in [0.25, 0.3) is 0 Å². The Kier molecular flexibility index (Phi) is 4.72. The molecule has 2 heterocycles. The maximum atomic E-state index is 12.4. The van der Waals surface area contributed by atoms with Gasteiger partial charge in [0.1, 0.15) is 12.6 Å². The van der Waals surface area contributed by atoms with Crippen LogP contribution in [0, 0.1) is 6.92 Å². The third-order valence-corrected chi connectivity index (χ3v) is 3.60. The Balaban J connectivity index is 2.13. The Morgan fingerprint density at radius 2 is 2.10 bits per heavy atom. The molecule has 114 valence electrons. The number of carbonyl (C=O) groups is 2. The molecule has 1 atom stereocenters. The van der Waals surface area contributed by atoms with E-state index < -0.39 is 12.0 Å². The molecule has 0 bridgehead atoms. The summed E-state index contributed by atoms with van der Waals surface area (Å²) in [7, 11) is 0. The molecule has 0 saturated carbocycles. The molecule has 1 amide bonds. The van der Waals surface area contributed by atoms with Crippen LogP contribution in [0.1, 0.15) is 42.0 Å². The quantitative estimate of drug-likeness (QED) is 0.600. The summed E-state index contributed by atoms with van der Waals surface area (Å²) in [6.45, 7) is 8.64. The van der Waals surface area contributed by atoms with Crippen LogP contribution in [-0.2, 0) is 9.53 Å². The molecule has 0 aromatic carbocycles. The molecule has 2 rings (SSSR count). The van der Waals surface area contributed by atoms with Gasteiger partial charge in [-0.05, 0) is 26.7 Å². The molecule has 1 aromatic heterocycles. The van der Waals surface area contributed by atoms with E-state index in [0.717, 1.165) is 25.9 Å². The van der Waals surface area contributed by atoms with Crippen LogP contribution in [0.25, 0.3) is 0 Å². The number of amides is 1. The van der Waals surface area contributed by atoms with E-state index in [-0.39, 0.29) is 18.2 Å². The number of ether oxygens (including phenoxy) is 1. The van der Waals surface area contributed by atoms with E-state index in [1.165, 1.54) is 10.8 Å². The maximum absolute atomic E-state index is 12.4. The average molecular weight is 292 g/mol. The van der Waals surface area contributed by atoms with Gasteiger partial charge in [0.05, 0.1) is 5.69 Å². The molecular weight excluding hydrogens is 272 g/mol. The molecule has 7 nitrogen and oxygen atoms in total. The van der Waals surface area contributed by atoms with Crippen molar-refractivity contribution in [2.45, 2.75) is 32.7 Å². The predicted octanol–water partition coefficient (Wildman–Crippen LogP) is 1.11. The van der Waals surface area contributed by atoms with Crippen molar-refractivity contribution < 1.29 is 14.3 Å². The first-order valence-corrected chi connectivity index (χ1v) is 7.05. The number of esters is 1. The number of aromatic nitrogens is 3. The minimum Gasteiger partial charge on any atom is -0.457 e. The summed E-state index contributed by atoms with van der Waals surface area (Å²) in [5.74, 6) is -0.550. The lowest BCUT2D eigenvalue weighted by atomic mass is 10.2. The first kappa shape index (κ1) is 15.2. The van der Waals surface area contributed by atoms with Gasteiger partial charge >= 0.3 is 5.97 Å². The average Bonchev–Trinajstić information content (AvgIpc) is 3.12. The van der Waals surface area contributed by atoms with Gasteiger partial charge in [-0.1, -0.05) is 17.9 Å². The van der Waals surface area contributed by atoms with Crippen molar-refractivity contribution in [2.24, 2.45) is 0 Å². The van der Waals surface area contributed by atoms with Crippen LogP contribution in [0.5, 0.6) is 0 Å². The van der Waals surface area contributed by atoms with Crippen molar-refractivity contribution >= 4 is 11.9 Å². The van der Waals surface area contributed by atoms with Gasteiger partial charge in [-0.15, -0.1) is 5.10 Å². The Bertz CT molecular complexity index is 546. The lowest BCUT2D eigenvalue weighted by Gasteiger charge is -2.20. The molecule has 0 spiro atoms. The highest BCUT2D eigenvalue weighted by Crippen LogP contribution is 2.17. The van der Waals surface area contributed by atoms with Crippen molar-refractivity contribution in [1.29, 1.82) is 0 Å². The molecule has 1 saturated heterocycles. The monoisotopic (exact) mass is 292 g/mol. The van der Waals surface area contributed by atoms with Gasteiger partial charge < -0.3 is 9.64 Å². The zero-order valence-corrected chi connectivity index (χ0v) is 12.4. The fourth-order valence-electron chi connectivity index (χ4n) is 2.41. The van der Waals surface area contributed by atoms with Crippen LogP contribution in [0.15, 0.2) is 12.7 Å². The summed E-state index contributed by atoms with van der Waals surface area (Å²) in [5, 5.41) is 7.76. The lowest BCUT2D eigenvalue weighted by molar-refractivity contribution is -0.133. The standard InChI is InChI=1S/C14H20N4O3/c1-4-9-21-14(20)12-10(2)18(16-15-12)11(3)13(19)17-7-5-6-8-17/h4,11H,1,5-9H2,2-3H3. The van der Waals surface area contributed by atoms with Crippen LogP contribution >= 0.6 is 0 Å². The number of rotatable bonds is 5. The highest BCUT2D eigenvalue weighted by atomic mass is 16.5. The van der Waals surface area contributed by atoms with E-state index >= 15 is 0 Å². The van der Waals surface area contributed by atoms with E-state index in [1.54, 1.807) is 13.8 Å². The van der Waals surface area contributed by atoms with Crippen molar-refractivity contribution in [3.05, 3.63) is 24.0 Å². The topological polar surface area (TPSA) is 77.3 Å². The minimum atomic E-state index is -0.556. The van der Waals surface area contributed by atoms with Gasteiger partial charge in [0.2, 0.25) is 5.91 Å². The van der Waals surface area contributed by atoms with Crippen molar-refractivity contribution in [1.82, 2.24) is 19.9 Å². The van der Waals surface area contributed by atoms with Gasteiger partial charge in [0.15, 0.2) is 5.69 Å². The molecule has 1 aliphatic rings. The minimum absolute atomic E-state index is 0.00603. The maximum Gasteiger partial charge on any atom is 0.361 e. The van der Waals surface area contributed by atoms with E-state index in [0.29, 0.717) is 5.69 Å². The van der Waals surface area contributed by atoms with E-state index in [2.05, 4.69) is 16.9 Å². The Morgan fingerprint density at radius 1 is 1.43 bits per heavy atom. The third kappa shape index (κ3) is 3.12. The lowest BCUT2D eigenvalue weighted by Crippen LogP contribution is -2.34. The van der Waals surface area contributed by atoms with Gasteiger partial charge in [0, 0.05) is 13.1 Å². The normalized spacial score (nSPS) is 15.8. The van der Waals surface area contributed by atoms with Crippen LogP contribution in [0.2, 0.25) is 0 Å². The summed E-state index contributed by atoms with van der Waals surface area (Å²) in [4.78, 5) is 26.0. The summed E-state index contributed by atoms with van der Waals surface area (Å²) in [6, 6.07) is -0.475. The second-order valence-corrected chi connectivity index (χ2v) is 5.06. The van der Waals surface area contributed by atoms with Gasteiger partial charge in [-0.3, -0.25) is 4.79 Å². The third-order valence-electron chi connectivity index (χ3n) is 3.60. The second kappa shape index (κ2) is 6.51. The zero-order chi connectivity index (χ0) is 15.4. The molecule has 21 heavy (non-hydrogen) atoms. The van der Waals surface area contributed by atoms with Crippen LogP contribution in [0.4, 0.5) is 0 Å². The van der Waals surface area contributed by atoms with Crippen LogP contribution in [-0.4, -0.2) is 51.5 Å². The molecule has 1 unspecified atom stereocenters. The van der Waals surface area contributed by atoms with Crippen LogP contribution < -0.4 is 0 Å². The smallest absolute Gasteiger partial charge is 0.361 e. The van der Waals surface area contributed by atoms with E-state index in [1.807, 2.05) is 4.90 Å². The summed E-state index contributed by atoms with van der Waals surface area (Å²) in [6.07, 6.45) is 3.55. The van der Waals surface area contributed by atoms with Crippen molar-refractivity contribution in [2.75, 3.05) is 19.7 Å². The van der Waals surface area contributed by atoms with Gasteiger partial charge in [-0.25, -0.2) is 9.48 Å². The molecule has 1 aromatic rings. The van der Waals surface area contributed by atoms with Gasteiger partial charge in [-0.2, -0.15) is 0 Å². The van der Waals surface area contributed by atoms with Crippen molar-refractivity contribution in [3.8, 4) is 0 Å². The second-order valence-electron chi connectivity index (χ2n) is 5.06. The predicted molar refractivity (Wildman–Crippen MR) is 75.8 cm³/mol. The highest BCUT2D eigenvalue weighted by Gasteiger charge is 2.28. The fraction of sp³-hybridized carbons (Fsp3) is 0.571. The molecule has 0 N–H and O–H groups in total. The number of hydrogen-bond acceptors (Lipinski definition) is 5. The zero-order valence-electron chi connectivity index (χ0n) is 12.4. The Hall–Kier alpha value is -2.18. The Labute approximate surface area is 123 Å². The number of hydrogen-bond donors (Lipinski definition) is 0. The largest absolute Gasteiger partial charge is 0.457 e. The fourth-order valence-corrected chi connectivity index (χ4v) is 2.41. The highest BCUT2D eigenvalue weighted by molar-refractivity contribution is 5.88. The first-order valence-electron chi connectivity index (χ1n) is 7.05. The summed E-state index contributed by atoms with van der Waals surface area (Å²) in [5.41, 5.74) is 0.669.